The summed E-state index contributed by atoms with van der Waals surface area (Å²) in [6, 6.07) is 10.9. The Kier molecular flexibility index (Phi) is 7.65. The predicted molar refractivity (Wildman–Crippen MR) is 103 cm³/mol. The third-order valence-corrected chi connectivity index (χ3v) is 4.03. The molecule has 0 aliphatic heterocycles. The molecule has 0 unspecified atom stereocenters. The first-order chi connectivity index (χ1) is 14.0. The van der Waals surface area contributed by atoms with Crippen LogP contribution < -0.4 is 15.4 Å². The number of halogens is 4. The molecular weight excluding hydrogens is 427 g/mol. The number of nitrogens with one attached hydrogen (secondary N) is 2. The SMILES string of the molecule is CN(CC(=O)Nc1ccc(OC(F)(F)F)cc1)C(=O)CNC(=O)c1ccccc1Cl. The first-order valence-electron chi connectivity index (χ1n) is 8.47. The Balaban J connectivity index is 1.81. The van der Waals surface area contributed by atoms with Crippen LogP contribution in [0.1, 0.15) is 10.4 Å². The Morgan fingerprint density at radius 3 is 2.30 bits per heavy atom. The van der Waals surface area contributed by atoms with Gasteiger partial charge in [-0.15, -0.1) is 13.2 Å². The molecule has 0 heterocycles. The van der Waals surface area contributed by atoms with Crippen molar-refractivity contribution in [2.45, 2.75) is 6.36 Å². The summed E-state index contributed by atoms with van der Waals surface area (Å²) in [5, 5.41) is 5.10. The Morgan fingerprint density at radius 1 is 1.07 bits per heavy atom. The maximum Gasteiger partial charge on any atom is 0.573 e. The van der Waals surface area contributed by atoms with E-state index in [1.165, 1.54) is 31.3 Å². The van der Waals surface area contributed by atoms with E-state index in [4.69, 9.17) is 11.6 Å². The van der Waals surface area contributed by atoms with Crippen molar-refractivity contribution in [1.82, 2.24) is 10.2 Å². The van der Waals surface area contributed by atoms with Gasteiger partial charge in [0.05, 0.1) is 23.7 Å². The molecule has 0 spiro atoms. The van der Waals surface area contributed by atoms with E-state index in [2.05, 4.69) is 15.4 Å². The van der Waals surface area contributed by atoms with Gasteiger partial charge in [0.15, 0.2) is 0 Å². The third kappa shape index (κ3) is 7.28. The number of amides is 3. The highest BCUT2D eigenvalue weighted by Gasteiger charge is 2.31. The number of anilines is 1. The Bertz CT molecular complexity index is 920. The van der Waals surface area contributed by atoms with Gasteiger partial charge in [-0.1, -0.05) is 23.7 Å². The number of hydrogen-bond donors (Lipinski definition) is 2. The van der Waals surface area contributed by atoms with Crippen molar-refractivity contribution in [3.63, 3.8) is 0 Å². The molecule has 2 aromatic carbocycles. The summed E-state index contributed by atoms with van der Waals surface area (Å²) >= 11 is 5.91. The fourth-order valence-electron chi connectivity index (χ4n) is 2.28. The van der Waals surface area contributed by atoms with Crippen LogP contribution >= 0.6 is 11.6 Å². The maximum atomic E-state index is 12.1. The second-order valence-corrected chi connectivity index (χ2v) is 6.44. The molecule has 0 radical (unpaired) electrons. The highest BCUT2D eigenvalue weighted by atomic mass is 35.5. The molecule has 160 valence electrons. The molecule has 0 aromatic heterocycles. The van der Waals surface area contributed by atoms with E-state index in [0.29, 0.717) is 0 Å². The molecule has 2 aromatic rings. The summed E-state index contributed by atoms with van der Waals surface area (Å²) < 4.78 is 40.1. The maximum absolute atomic E-state index is 12.1. The van der Waals surface area contributed by atoms with E-state index in [1.807, 2.05) is 0 Å². The third-order valence-electron chi connectivity index (χ3n) is 3.70. The van der Waals surface area contributed by atoms with E-state index in [9.17, 15) is 27.6 Å². The smallest absolute Gasteiger partial charge is 0.406 e. The van der Waals surface area contributed by atoms with E-state index in [0.717, 1.165) is 17.0 Å². The van der Waals surface area contributed by atoms with E-state index >= 15 is 0 Å². The lowest BCUT2D eigenvalue weighted by Gasteiger charge is -2.17. The van der Waals surface area contributed by atoms with Crippen LogP contribution in [0.25, 0.3) is 0 Å². The predicted octanol–water partition coefficient (Wildman–Crippen LogP) is 3.07. The standard InChI is InChI=1S/C19H17ClF3N3O4/c1-26(17(28)10-24-18(29)14-4-2-3-5-15(14)20)11-16(27)25-12-6-8-13(9-7-12)30-19(21,22)23/h2-9H,10-11H2,1H3,(H,24,29)(H,25,27). The number of nitrogens with zero attached hydrogens (tertiary/aromatic N) is 1. The molecule has 0 saturated carbocycles. The van der Waals surface area contributed by atoms with Gasteiger partial charge in [-0.05, 0) is 36.4 Å². The molecule has 30 heavy (non-hydrogen) atoms. The quantitative estimate of drug-likeness (QED) is 0.688. The van der Waals surface area contributed by atoms with E-state index < -0.39 is 29.8 Å². The molecule has 0 saturated heterocycles. The second kappa shape index (κ2) is 9.97. The van der Waals surface area contributed by atoms with Gasteiger partial charge >= 0.3 is 6.36 Å². The molecule has 3 amide bonds. The zero-order valence-corrected chi connectivity index (χ0v) is 16.4. The normalized spacial score (nSPS) is 10.8. The van der Waals surface area contributed by atoms with Gasteiger partial charge in [-0.2, -0.15) is 0 Å². The largest absolute Gasteiger partial charge is 0.573 e. The van der Waals surface area contributed by atoms with Crippen LogP contribution in [0.15, 0.2) is 48.5 Å². The van der Waals surface area contributed by atoms with Gasteiger partial charge in [0.25, 0.3) is 5.91 Å². The van der Waals surface area contributed by atoms with E-state index in [1.54, 1.807) is 12.1 Å². The Labute approximate surface area is 174 Å². The van der Waals surface area contributed by atoms with Crippen LogP contribution in [0, 0.1) is 0 Å². The van der Waals surface area contributed by atoms with Gasteiger partial charge in [-0.25, -0.2) is 0 Å². The van der Waals surface area contributed by atoms with Crippen molar-refractivity contribution in [1.29, 1.82) is 0 Å². The van der Waals surface area contributed by atoms with Crippen LogP contribution in [0.2, 0.25) is 5.02 Å². The Hall–Kier alpha value is -3.27. The van der Waals surface area contributed by atoms with Crippen molar-refractivity contribution >= 4 is 35.0 Å². The lowest BCUT2D eigenvalue weighted by atomic mass is 10.2. The zero-order chi connectivity index (χ0) is 22.3. The lowest BCUT2D eigenvalue weighted by molar-refractivity contribution is -0.274. The van der Waals surface area contributed by atoms with Crippen LogP contribution in [0.5, 0.6) is 5.75 Å². The van der Waals surface area contributed by atoms with Gasteiger partial charge in [0.1, 0.15) is 5.75 Å². The number of benzene rings is 2. The van der Waals surface area contributed by atoms with Crippen molar-refractivity contribution in [2.24, 2.45) is 0 Å². The van der Waals surface area contributed by atoms with Gasteiger partial charge < -0.3 is 20.3 Å². The number of likely N-dealkylation sites (N-methyl/N-ethyl adjacent to an activating group) is 1. The average Bonchev–Trinajstić information content (AvgIpc) is 2.66. The number of carbonyl (C=O) groups is 3. The minimum Gasteiger partial charge on any atom is -0.406 e. The van der Waals surface area contributed by atoms with Gasteiger partial charge in [0.2, 0.25) is 11.8 Å². The average molecular weight is 444 g/mol. The Morgan fingerprint density at radius 2 is 1.70 bits per heavy atom. The summed E-state index contributed by atoms with van der Waals surface area (Å²) in [5.41, 5.74) is 0.438. The second-order valence-electron chi connectivity index (χ2n) is 6.03. The summed E-state index contributed by atoms with van der Waals surface area (Å²) in [6.45, 7) is -0.682. The minimum atomic E-state index is -4.81. The fourth-order valence-corrected chi connectivity index (χ4v) is 2.50. The lowest BCUT2D eigenvalue weighted by Crippen LogP contribution is -2.41. The summed E-state index contributed by atoms with van der Waals surface area (Å²) in [5.74, 6) is -2.07. The molecule has 0 atom stereocenters. The number of rotatable bonds is 7. The summed E-state index contributed by atoms with van der Waals surface area (Å²) in [6.07, 6.45) is -4.81. The number of ether oxygens (including phenoxy) is 1. The topological polar surface area (TPSA) is 87.7 Å². The molecule has 7 nitrogen and oxygen atoms in total. The molecule has 0 bridgehead atoms. The number of alkyl halides is 3. The first-order valence-corrected chi connectivity index (χ1v) is 8.85. The van der Waals surface area contributed by atoms with Crippen LogP contribution in [0.4, 0.5) is 18.9 Å². The number of hydrogen-bond acceptors (Lipinski definition) is 4. The molecule has 11 heteroatoms. The van der Waals surface area contributed by atoms with Gasteiger partial charge in [0, 0.05) is 12.7 Å². The van der Waals surface area contributed by atoms with E-state index in [-0.39, 0.29) is 29.4 Å². The molecule has 0 aliphatic carbocycles. The van der Waals surface area contributed by atoms with Crippen LogP contribution in [0.3, 0.4) is 0 Å². The summed E-state index contributed by atoms with van der Waals surface area (Å²) in [4.78, 5) is 37.3. The fraction of sp³-hybridized carbons (Fsp3) is 0.211. The van der Waals surface area contributed by atoms with Gasteiger partial charge in [-0.3, -0.25) is 14.4 Å². The van der Waals surface area contributed by atoms with Crippen LogP contribution in [-0.4, -0.2) is 49.1 Å². The summed E-state index contributed by atoms with van der Waals surface area (Å²) in [7, 11) is 1.36. The van der Waals surface area contributed by atoms with Crippen molar-refractivity contribution in [2.75, 3.05) is 25.5 Å². The zero-order valence-electron chi connectivity index (χ0n) is 15.6. The molecule has 0 aliphatic rings. The highest BCUT2D eigenvalue weighted by Crippen LogP contribution is 2.23. The molecule has 2 rings (SSSR count). The highest BCUT2D eigenvalue weighted by molar-refractivity contribution is 6.33. The van der Waals surface area contributed by atoms with Crippen molar-refractivity contribution in [3.05, 3.63) is 59.1 Å². The molecule has 0 fully saturated rings. The van der Waals surface area contributed by atoms with Crippen molar-refractivity contribution < 1.29 is 32.3 Å². The molecular formula is C19H17ClF3N3O4. The minimum absolute atomic E-state index is 0.213. The number of carbonyl (C=O) groups excluding carboxylic acids is 3. The van der Waals surface area contributed by atoms with Crippen molar-refractivity contribution in [3.8, 4) is 5.75 Å². The molecule has 2 N–H and O–H groups in total. The monoisotopic (exact) mass is 443 g/mol. The van der Waals surface area contributed by atoms with Crippen LogP contribution in [-0.2, 0) is 9.59 Å². The first kappa shape index (κ1) is 23.0.